The first-order valence-electron chi connectivity index (χ1n) is 3.39. The molecule has 0 aliphatic carbocycles. The molecule has 0 aliphatic rings. The van der Waals surface area contributed by atoms with Gasteiger partial charge >= 0.3 is 79.4 Å². The van der Waals surface area contributed by atoms with Crippen LogP contribution in [0.15, 0.2) is 0 Å². The zero-order chi connectivity index (χ0) is 11.5. The second-order valence-corrected chi connectivity index (χ2v) is 13.2. The maximum atomic E-state index is 11.2. The van der Waals surface area contributed by atoms with Crippen molar-refractivity contribution in [2.24, 2.45) is 0 Å². The van der Waals surface area contributed by atoms with E-state index < -0.39 is 40.9 Å². The van der Waals surface area contributed by atoms with Gasteiger partial charge in [-0.2, -0.15) is 0 Å². The fourth-order valence-electron chi connectivity index (χ4n) is 0.645. The fraction of sp³-hybridized carbons (Fsp3) is 1.00. The van der Waals surface area contributed by atoms with E-state index in [1.54, 1.807) is 0 Å². The summed E-state index contributed by atoms with van der Waals surface area (Å²) < 4.78 is 25.6. The SMILES string of the molecule is O=S(=O)(OO)P(CO)(CO)(CO)CO. The molecule has 0 bridgehead atoms. The van der Waals surface area contributed by atoms with Crippen molar-refractivity contribution in [2.75, 3.05) is 25.4 Å². The second kappa shape index (κ2) is 4.33. The van der Waals surface area contributed by atoms with Crippen molar-refractivity contribution in [1.29, 1.82) is 0 Å². The Hall–Kier alpha value is 0.140. The summed E-state index contributed by atoms with van der Waals surface area (Å²) in [6.45, 7) is 0. The fourth-order valence-corrected chi connectivity index (χ4v) is 4.20. The molecule has 8 nitrogen and oxygen atoms in total. The van der Waals surface area contributed by atoms with Gasteiger partial charge in [0.15, 0.2) is 0 Å². The Kier molecular flexibility index (Phi) is 4.38. The molecular weight excluding hydrogens is 239 g/mol. The zero-order valence-electron chi connectivity index (χ0n) is 7.14. The van der Waals surface area contributed by atoms with Gasteiger partial charge in [0.05, 0.1) is 0 Å². The predicted octanol–water partition coefficient (Wildman–Crippen LogP) is -1.93. The van der Waals surface area contributed by atoms with Crippen LogP contribution in [0.25, 0.3) is 0 Å². The number of aliphatic hydroxyl groups excluding tert-OH is 4. The molecule has 0 atom stereocenters. The zero-order valence-corrected chi connectivity index (χ0v) is 8.86. The summed E-state index contributed by atoms with van der Waals surface area (Å²) in [5, 5.41) is 43.7. The second-order valence-electron chi connectivity index (χ2n) is 2.93. The number of rotatable bonds is 6. The molecule has 0 aromatic rings. The number of hydrogen-bond acceptors (Lipinski definition) is 8. The summed E-state index contributed by atoms with van der Waals surface area (Å²) in [4.78, 5) is 0. The van der Waals surface area contributed by atoms with Crippen molar-refractivity contribution in [1.82, 2.24) is 0 Å². The molecule has 0 spiro atoms. The molecule has 0 aromatic carbocycles. The summed E-state index contributed by atoms with van der Waals surface area (Å²) >= 11 is 0. The van der Waals surface area contributed by atoms with Gasteiger partial charge in [-0.3, -0.25) is 0 Å². The average molecular weight is 252 g/mol. The molecule has 0 unspecified atom stereocenters. The molecule has 0 fully saturated rings. The molecule has 88 valence electrons. The maximum absolute atomic E-state index is 11.2. The predicted molar refractivity (Wildman–Crippen MR) is 47.9 cm³/mol. The van der Waals surface area contributed by atoms with Crippen molar-refractivity contribution in [3.63, 3.8) is 0 Å². The van der Waals surface area contributed by atoms with Crippen LogP contribution in [0.2, 0.25) is 0 Å². The monoisotopic (exact) mass is 252 g/mol. The molecule has 0 saturated carbocycles. The molecule has 5 N–H and O–H groups in total. The minimum atomic E-state index is -4.80. The van der Waals surface area contributed by atoms with E-state index in [9.17, 15) is 8.42 Å². The van der Waals surface area contributed by atoms with Crippen LogP contribution in [-0.4, -0.2) is 59.5 Å². The van der Waals surface area contributed by atoms with Crippen LogP contribution in [0.4, 0.5) is 0 Å². The molecule has 0 rings (SSSR count). The third-order valence-electron chi connectivity index (χ3n) is 2.16. The molecule has 14 heavy (non-hydrogen) atoms. The Morgan fingerprint density at radius 1 is 0.929 bits per heavy atom. The topological polar surface area (TPSA) is 145 Å². The quantitative estimate of drug-likeness (QED) is 0.209. The van der Waals surface area contributed by atoms with E-state index in [1.807, 2.05) is 0 Å². The van der Waals surface area contributed by atoms with Crippen molar-refractivity contribution < 1.29 is 38.4 Å². The standard InChI is InChI=1S/C4H13O8PS/c5-1-13(2-6,3-7,4-8)14(10,11)12-9/h5-9H,1-4H2. The van der Waals surface area contributed by atoms with Crippen LogP contribution in [0.1, 0.15) is 0 Å². The minimum absolute atomic E-state index is 1.18. The molecule has 0 heterocycles. The van der Waals surface area contributed by atoms with Crippen molar-refractivity contribution in [2.45, 2.75) is 0 Å². The Morgan fingerprint density at radius 2 is 1.21 bits per heavy atom. The Labute approximate surface area is 80.1 Å². The van der Waals surface area contributed by atoms with E-state index in [4.69, 9.17) is 25.7 Å². The normalized spacial score (nSPS) is 16.2. The van der Waals surface area contributed by atoms with Gasteiger partial charge in [0.1, 0.15) is 0 Å². The van der Waals surface area contributed by atoms with E-state index in [0.29, 0.717) is 0 Å². The Morgan fingerprint density at radius 3 is 1.29 bits per heavy atom. The van der Waals surface area contributed by atoms with Gasteiger partial charge < -0.3 is 0 Å². The van der Waals surface area contributed by atoms with E-state index in [2.05, 4.69) is 4.33 Å². The summed E-state index contributed by atoms with van der Waals surface area (Å²) in [6.07, 6.45) is -4.73. The van der Waals surface area contributed by atoms with Crippen LogP contribution >= 0.6 is 5.81 Å². The van der Waals surface area contributed by atoms with Crippen LogP contribution in [0.3, 0.4) is 0 Å². The number of aliphatic hydroxyl groups is 4. The molecule has 0 amide bonds. The summed E-state index contributed by atoms with van der Waals surface area (Å²) in [7, 11) is -4.80. The van der Waals surface area contributed by atoms with Crippen molar-refractivity contribution in [3.8, 4) is 0 Å². The van der Waals surface area contributed by atoms with Crippen LogP contribution in [0, 0.1) is 0 Å². The summed E-state index contributed by atoms with van der Waals surface area (Å²) in [5.74, 6) is -4.72. The average Bonchev–Trinajstić information content (AvgIpc) is 2.23. The van der Waals surface area contributed by atoms with Gasteiger partial charge in [0, 0.05) is 0 Å². The van der Waals surface area contributed by atoms with E-state index in [0.717, 1.165) is 0 Å². The molecule has 0 saturated heterocycles. The Balaban J connectivity index is 5.72. The molecular formula is C4H13O8PS. The molecule has 0 aromatic heterocycles. The summed E-state index contributed by atoms with van der Waals surface area (Å²) in [6, 6.07) is 0. The Bertz CT molecular complexity index is 258. The first-order chi connectivity index (χ1) is 6.38. The van der Waals surface area contributed by atoms with Crippen molar-refractivity contribution in [3.05, 3.63) is 0 Å². The van der Waals surface area contributed by atoms with Crippen LogP contribution < -0.4 is 0 Å². The van der Waals surface area contributed by atoms with Crippen LogP contribution in [-0.2, 0) is 14.1 Å². The van der Waals surface area contributed by atoms with E-state index >= 15 is 0 Å². The summed E-state index contributed by atoms with van der Waals surface area (Å²) in [5.41, 5.74) is 0. The molecule has 10 heteroatoms. The van der Waals surface area contributed by atoms with Gasteiger partial charge in [-0.15, -0.1) is 0 Å². The van der Waals surface area contributed by atoms with Gasteiger partial charge in [0.2, 0.25) is 0 Å². The third kappa shape index (κ3) is 1.55. The van der Waals surface area contributed by atoms with Crippen molar-refractivity contribution >= 4 is 15.5 Å². The van der Waals surface area contributed by atoms with Crippen LogP contribution in [0.5, 0.6) is 0 Å². The van der Waals surface area contributed by atoms with Gasteiger partial charge in [0.25, 0.3) is 0 Å². The third-order valence-corrected chi connectivity index (χ3v) is 11.9. The number of hydrogen-bond donors (Lipinski definition) is 5. The molecule has 0 aliphatic heterocycles. The molecule has 0 radical (unpaired) electrons. The van der Waals surface area contributed by atoms with E-state index in [1.165, 1.54) is 0 Å². The first-order valence-corrected chi connectivity index (χ1v) is 8.39. The first kappa shape index (κ1) is 14.1. The van der Waals surface area contributed by atoms with Gasteiger partial charge in [-0.05, 0) is 0 Å². The van der Waals surface area contributed by atoms with Gasteiger partial charge in [-0.25, -0.2) is 0 Å². The van der Waals surface area contributed by atoms with Gasteiger partial charge in [-0.1, -0.05) is 0 Å². The van der Waals surface area contributed by atoms with E-state index in [-0.39, 0.29) is 0 Å².